The van der Waals surface area contributed by atoms with Gasteiger partial charge in [0.15, 0.2) is 9.84 Å². The molecule has 1 unspecified atom stereocenters. The maximum Gasteiger partial charge on any atom is 0.189 e. The van der Waals surface area contributed by atoms with Crippen LogP contribution in [0.4, 0.5) is 0 Å². The van der Waals surface area contributed by atoms with E-state index >= 15 is 0 Å². The minimum atomic E-state index is -3.21. The number of hydrogen-bond donors (Lipinski definition) is 1. The van der Waals surface area contributed by atoms with Crippen molar-refractivity contribution in [1.29, 1.82) is 0 Å². The zero-order valence-corrected chi connectivity index (χ0v) is 8.35. The second-order valence-corrected chi connectivity index (χ2v) is 5.85. The summed E-state index contributed by atoms with van der Waals surface area (Å²) in [5.74, 6) is 0. The molecule has 1 rings (SSSR count). The monoisotopic (exact) mass is 202 g/mol. The Kier molecular flexibility index (Phi) is 2.80. The van der Waals surface area contributed by atoms with E-state index < -0.39 is 14.4 Å². The predicted molar refractivity (Wildman–Crippen MR) is 52.1 cm³/mol. The maximum absolute atomic E-state index is 11.5. The Balaban J connectivity index is 3.17. The molecule has 0 amide bonds. The van der Waals surface area contributed by atoms with Gasteiger partial charge >= 0.3 is 0 Å². The van der Waals surface area contributed by atoms with Crippen molar-refractivity contribution < 1.29 is 8.42 Å². The third-order valence-corrected chi connectivity index (χ3v) is 4.18. The first kappa shape index (κ1) is 9.61. The van der Waals surface area contributed by atoms with Gasteiger partial charge in [0.05, 0.1) is 4.90 Å². The van der Waals surface area contributed by atoms with Gasteiger partial charge in [0, 0.05) is 0 Å². The summed E-state index contributed by atoms with van der Waals surface area (Å²) in [6.07, 6.45) is 0. The largest absolute Gasteiger partial charge is 0.223 e. The molecular weight excluding hydrogens is 192 g/mol. The fourth-order valence-corrected chi connectivity index (χ4v) is 2.10. The summed E-state index contributed by atoms with van der Waals surface area (Å²) in [6, 6.07) is 8.32. The highest BCUT2D eigenvalue weighted by atomic mass is 32.2. The molecule has 1 aromatic carbocycles. The van der Waals surface area contributed by atoms with Gasteiger partial charge in [-0.2, -0.15) is 12.6 Å². The van der Waals surface area contributed by atoms with Crippen LogP contribution < -0.4 is 0 Å². The lowest BCUT2D eigenvalue weighted by atomic mass is 10.4. The Morgan fingerprint density at radius 1 is 1.25 bits per heavy atom. The Morgan fingerprint density at radius 2 is 1.75 bits per heavy atom. The topological polar surface area (TPSA) is 34.1 Å². The fraction of sp³-hybridized carbons (Fsp3) is 0.250. The van der Waals surface area contributed by atoms with Crippen molar-refractivity contribution >= 4 is 22.5 Å². The minimum absolute atomic E-state index is 0.326. The summed E-state index contributed by atoms with van der Waals surface area (Å²) in [6.45, 7) is 1.55. The number of sulfone groups is 1. The lowest BCUT2D eigenvalue weighted by Crippen LogP contribution is -2.11. The summed E-state index contributed by atoms with van der Waals surface area (Å²) in [4.78, 5) is 0.326. The maximum atomic E-state index is 11.5. The van der Waals surface area contributed by atoms with Crippen molar-refractivity contribution in [3.8, 4) is 0 Å². The van der Waals surface area contributed by atoms with E-state index in [0.29, 0.717) is 4.90 Å². The highest BCUT2D eigenvalue weighted by Gasteiger charge is 2.18. The molecule has 0 aromatic heterocycles. The Labute approximate surface area is 77.9 Å². The van der Waals surface area contributed by atoms with E-state index in [1.54, 1.807) is 37.3 Å². The molecule has 0 saturated carbocycles. The lowest BCUT2D eigenvalue weighted by molar-refractivity contribution is 0.595. The van der Waals surface area contributed by atoms with Crippen LogP contribution in [0.15, 0.2) is 35.2 Å². The van der Waals surface area contributed by atoms with E-state index in [9.17, 15) is 8.42 Å². The van der Waals surface area contributed by atoms with Crippen molar-refractivity contribution in [2.75, 3.05) is 0 Å². The molecule has 0 fully saturated rings. The lowest BCUT2D eigenvalue weighted by Gasteiger charge is -2.05. The summed E-state index contributed by atoms with van der Waals surface area (Å²) in [5.41, 5.74) is 0. The standard InChI is InChI=1S/C8H10O2S2/c1-7(11)12(9,10)8-5-3-2-4-6-8/h2-7,11H,1H3. The van der Waals surface area contributed by atoms with E-state index in [1.165, 1.54) is 0 Å². The van der Waals surface area contributed by atoms with E-state index in [-0.39, 0.29) is 0 Å². The van der Waals surface area contributed by atoms with Gasteiger partial charge in [-0.05, 0) is 19.1 Å². The van der Waals surface area contributed by atoms with Crippen LogP contribution in [0.25, 0.3) is 0 Å². The average Bonchev–Trinajstić information content (AvgIpc) is 2.06. The van der Waals surface area contributed by atoms with Crippen molar-refractivity contribution in [2.24, 2.45) is 0 Å². The quantitative estimate of drug-likeness (QED) is 0.741. The first-order valence-electron chi connectivity index (χ1n) is 3.52. The normalized spacial score (nSPS) is 14.2. The van der Waals surface area contributed by atoms with E-state index in [4.69, 9.17) is 0 Å². The van der Waals surface area contributed by atoms with Crippen LogP contribution in [0.2, 0.25) is 0 Å². The van der Waals surface area contributed by atoms with Crippen LogP contribution in [-0.4, -0.2) is 13.0 Å². The second kappa shape index (κ2) is 3.49. The van der Waals surface area contributed by atoms with Crippen molar-refractivity contribution in [3.05, 3.63) is 30.3 Å². The van der Waals surface area contributed by atoms with Crippen LogP contribution in [0.1, 0.15) is 6.92 Å². The van der Waals surface area contributed by atoms with Crippen LogP contribution >= 0.6 is 12.6 Å². The molecule has 1 atom stereocenters. The van der Waals surface area contributed by atoms with Gasteiger partial charge in [0.1, 0.15) is 4.58 Å². The smallest absolute Gasteiger partial charge is 0.189 e. The molecule has 0 saturated heterocycles. The van der Waals surface area contributed by atoms with Gasteiger partial charge in [-0.15, -0.1) is 0 Å². The summed E-state index contributed by atoms with van der Waals surface area (Å²) in [7, 11) is -3.21. The molecule has 2 nitrogen and oxygen atoms in total. The second-order valence-electron chi connectivity index (χ2n) is 2.46. The van der Waals surface area contributed by atoms with Gasteiger partial charge < -0.3 is 0 Å². The summed E-state index contributed by atoms with van der Waals surface area (Å²) >= 11 is 3.90. The third kappa shape index (κ3) is 1.81. The number of rotatable bonds is 2. The number of thiol groups is 1. The molecule has 0 N–H and O–H groups in total. The zero-order chi connectivity index (χ0) is 9.19. The van der Waals surface area contributed by atoms with Crippen LogP contribution in [0.5, 0.6) is 0 Å². The Hall–Kier alpha value is -0.480. The van der Waals surface area contributed by atoms with Crippen LogP contribution in [0.3, 0.4) is 0 Å². The molecule has 0 radical (unpaired) electrons. The van der Waals surface area contributed by atoms with Crippen LogP contribution in [0, 0.1) is 0 Å². The molecular formula is C8H10O2S2. The predicted octanol–water partition coefficient (Wildman–Crippen LogP) is 1.74. The number of benzene rings is 1. The minimum Gasteiger partial charge on any atom is -0.223 e. The van der Waals surface area contributed by atoms with E-state index in [0.717, 1.165) is 0 Å². The molecule has 0 aliphatic heterocycles. The third-order valence-electron chi connectivity index (χ3n) is 1.52. The fourth-order valence-electron chi connectivity index (χ4n) is 0.807. The first-order valence-corrected chi connectivity index (χ1v) is 5.58. The SMILES string of the molecule is CC(S)S(=O)(=O)c1ccccc1. The van der Waals surface area contributed by atoms with E-state index in [2.05, 4.69) is 12.6 Å². The van der Waals surface area contributed by atoms with Gasteiger partial charge in [-0.1, -0.05) is 18.2 Å². The Bertz CT molecular complexity index is 341. The molecule has 12 heavy (non-hydrogen) atoms. The van der Waals surface area contributed by atoms with Crippen molar-refractivity contribution in [3.63, 3.8) is 0 Å². The van der Waals surface area contributed by atoms with Crippen LogP contribution in [-0.2, 0) is 9.84 Å². The summed E-state index contributed by atoms with van der Waals surface area (Å²) < 4.78 is 22.3. The van der Waals surface area contributed by atoms with Crippen molar-refractivity contribution in [2.45, 2.75) is 16.4 Å². The summed E-state index contributed by atoms with van der Waals surface area (Å²) in [5, 5.41) is 0. The zero-order valence-electron chi connectivity index (χ0n) is 6.64. The molecule has 0 spiro atoms. The van der Waals surface area contributed by atoms with Gasteiger partial charge in [0.25, 0.3) is 0 Å². The van der Waals surface area contributed by atoms with Gasteiger partial charge in [-0.25, -0.2) is 8.42 Å². The molecule has 0 aliphatic rings. The molecule has 1 aromatic rings. The van der Waals surface area contributed by atoms with Gasteiger partial charge in [0.2, 0.25) is 0 Å². The molecule has 4 heteroatoms. The first-order chi connectivity index (χ1) is 5.55. The average molecular weight is 202 g/mol. The highest BCUT2D eigenvalue weighted by Crippen LogP contribution is 2.16. The highest BCUT2D eigenvalue weighted by molar-refractivity contribution is 8.04. The number of hydrogen-bond acceptors (Lipinski definition) is 3. The Morgan fingerprint density at radius 3 is 2.17 bits per heavy atom. The molecule has 66 valence electrons. The van der Waals surface area contributed by atoms with Crippen molar-refractivity contribution in [1.82, 2.24) is 0 Å². The molecule has 0 heterocycles. The van der Waals surface area contributed by atoms with E-state index in [1.807, 2.05) is 0 Å². The molecule has 0 aliphatic carbocycles. The van der Waals surface area contributed by atoms with Gasteiger partial charge in [-0.3, -0.25) is 0 Å². The molecule has 0 bridgehead atoms.